The number of benzene rings is 2. The molecule has 2 aromatic rings. The Morgan fingerprint density at radius 3 is 2.60 bits per heavy atom. The van der Waals surface area contributed by atoms with Crippen LogP contribution in [0.1, 0.15) is 24.9 Å². The van der Waals surface area contributed by atoms with Crippen molar-refractivity contribution in [2.24, 2.45) is 5.92 Å². The van der Waals surface area contributed by atoms with Crippen molar-refractivity contribution in [2.75, 3.05) is 11.9 Å². The maximum atomic E-state index is 12.5. The summed E-state index contributed by atoms with van der Waals surface area (Å²) in [4.78, 5) is 26.6. The summed E-state index contributed by atoms with van der Waals surface area (Å²) in [5, 5.41) is 3.67. The monoisotopic (exact) mass is 376 g/mol. The summed E-state index contributed by atoms with van der Waals surface area (Å²) >= 11 is 12.0. The SMILES string of the molecule is C[C@H](c1ccccc1)N1C[C@H](C(=O)Nc2ccc(Cl)cc2Cl)CC1=O. The molecule has 2 atom stereocenters. The van der Waals surface area contributed by atoms with Crippen molar-refractivity contribution >= 4 is 40.7 Å². The molecule has 2 amide bonds. The molecule has 0 saturated carbocycles. The van der Waals surface area contributed by atoms with Gasteiger partial charge in [-0.1, -0.05) is 53.5 Å². The third kappa shape index (κ3) is 3.97. The Kier molecular flexibility index (Phi) is 5.30. The lowest BCUT2D eigenvalue weighted by Gasteiger charge is -2.25. The van der Waals surface area contributed by atoms with Crippen LogP contribution >= 0.6 is 23.2 Å². The molecular weight excluding hydrogens is 359 g/mol. The van der Waals surface area contributed by atoms with Crippen molar-refractivity contribution in [3.05, 3.63) is 64.1 Å². The fourth-order valence-corrected chi connectivity index (χ4v) is 3.47. The van der Waals surface area contributed by atoms with Crippen LogP contribution in [-0.2, 0) is 9.59 Å². The van der Waals surface area contributed by atoms with E-state index in [1.54, 1.807) is 23.1 Å². The Morgan fingerprint density at radius 1 is 1.20 bits per heavy atom. The highest BCUT2D eigenvalue weighted by atomic mass is 35.5. The van der Waals surface area contributed by atoms with E-state index in [0.717, 1.165) is 5.56 Å². The quantitative estimate of drug-likeness (QED) is 0.851. The zero-order valence-corrected chi connectivity index (χ0v) is 15.2. The number of anilines is 1. The normalized spacial score (nSPS) is 18.3. The Hall–Kier alpha value is -2.04. The highest BCUT2D eigenvalue weighted by Crippen LogP contribution is 2.30. The van der Waals surface area contributed by atoms with Gasteiger partial charge >= 0.3 is 0 Å². The van der Waals surface area contributed by atoms with Crippen molar-refractivity contribution in [1.29, 1.82) is 0 Å². The van der Waals surface area contributed by atoms with Crippen LogP contribution in [0.2, 0.25) is 10.0 Å². The van der Waals surface area contributed by atoms with Crippen LogP contribution in [0.5, 0.6) is 0 Å². The number of nitrogens with zero attached hydrogens (tertiary/aromatic N) is 1. The Morgan fingerprint density at radius 2 is 1.92 bits per heavy atom. The van der Waals surface area contributed by atoms with Crippen LogP contribution in [0.3, 0.4) is 0 Å². The second-order valence-corrected chi connectivity index (χ2v) is 6.99. The average molecular weight is 377 g/mol. The number of nitrogens with one attached hydrogen (secondary N) is 1. The van der Waals surface area contributed by atoms with Crippen LogP contribution < -0.4 is 5.32 Å². The maximum Gasteiger partial charge on any atom is 0.229 e. The van der Waals surface area contributed by atoms with Gasteiger partial charge in [0.2, 0.25) is 11.8 Å². The number of amides is 2. The minimum absolute atomic E-state index is 0.0151. The highest BCUT2D eigenvalue weighted by molar-refractivity contribution is 6.36. The molecule has 0 unspecified atom stereocenters. The summed E-state index contributed by atoms with van der Waals surface area (Å²) in [6.45, 7) is 2.37. The lowest BCUT2D eigenvalue weighted by molar-refractivity contribution is -0.129. The molecule has 0 bridgehead atoms. The third-order valence-corrected chi connectivity index (χ3v) is 5.02. The molecule has 130 valence electrons. The zero-order valence-electron chi connectivity index (χ0n) is 13.7. The number of carbonyl (C=O) groups is 2. The summed E-state index contributed by atoms with van der Waals surface area (Å²) in [7, 11) is 0. The molecule has 1 saturated heterocycles. The summed E-state index contributed by atoms with van der Waals surface area (Å²) in [6.07, 6.45) is 0.203. The molecule has 6 heteroatoms. The van der Waals surface area contributed by atoms with E-state index in [9.17, 15) is 9.59 Å². The van der Waals surface area contributed by atoms with Gasteiger partial charge in [0.15, 0.2) is 0 Å². The van der Waals surface area contributed by atoms with Crippen molar-refractivity contribution in [3.8, 4) is 0 Å². The molecule has 1 aliphatic rings. The van der Waals surface area contributed by atoms with Gasteiger partial charge in [0, 0.05) is 18.0 Å². The fraction of sp³-hybridized carbons (Fsp3) is 0.263. The van der Waals surface area contributed by atoms with E-state index in [1.807, 2.05) is 37.3 Å². The van der Waals surface area contributed by atoms with E-state index < -0.39 is 5.92 Å². The molecule has 4 nitrogen and oxygen atoms in total. The van der Waals surface area contributed by atoms with Crippen LogP contribution in [0, 0.1) is 5.92 Å². The maximum absolute atomic E-state index is 12.5. The van der Waals surface area contributed by atoms with Gasteiger partial charge in [0.25, 0.3) is 0 Å². The molecule has 0 aromatic heterocycles. The topological polar surface area (TPSA) is 49.4 Å². The first kappa shape index (κ1) is 17.8. The predicted molar refractivity (Wildman–Crippen MR) is 99.8 cm³/mol. The Labute approximate surface area is 156 Å². The highest BCUT2D eigenvalue weighted by Gasteiger charge is 2.37. The van der Waals surface area contributed by atoms with Crippen LogP contribution in [-0.4, -0.2) is 23.3 Å². The number of halogens is 2. The average Bonchev–Trinajstić information content (AvgIpc) is 2.99. The van der Waals surface area contributed by atoms with E-state index in [4.69, 9.17) is 23.2 Å². The fourth-order valence-electron chi connectivity index (χ4n) is 3.02. The number of carbonyl (C=O) groups excluding carboxylic acids is 2. The predicted octanol–water partition coefficient (Wildman–Crippen LogP) is 4.54. The minimum atomic E-state index is -0.398. The van der Waals surface area contributed by atoms with E-state index >= 15 is 0 Å². The molecule has 0 radical (unpaired) electrons. The molecule has 1 fully saturated rings. The summed E-state index contributed by atoms with van der Waals surface area (Å²) in [5.41, 5.74) is 1.55. The first-order valence-electron chi connectivity index (χ1n) is 8.06. The first-order valence-corrected chi connectivity index (χ1v) is 8.81. The Bertz CT molecular complexity index is 795. The van der Waals surface area contributed by atoms with Crippen LogP contribution in [0.15, 0.2) is 48.5 Å². The van der Waals surface area contributed by atoms with Crippen molar-refractivity contribution in [3.63, 3.8) is 0 Å². The van der Waals surface area contributed by atoms with Gasteiger partial charge in [-0.05, 0) is 30.7 Å². The van der Waals surface area contributed by atoms with Gasteiger partial charge in [0.05, 0.1) is 22.7 Å². The molecule has 25 heavy (non-hydrogen) atoms. The molecule has 1 aliphatic heterocycles. The smallest absolute Gasteiger partial charge is 0.229 e. The summed E-state index contributed by atoms with van der Waals surface area (Å²) in [6, 6.07) is 14.6. The summed E-state index contributed by atoms with van der Waals surface area (Å²) < 4.78 is 0. The van der Waals surface area contributed by atoms with Crippen molar-refractivity contribution < 1.29 is 9.59 Å². The van der Waals surface area contributed by atoms with Gasteiger partial charge in [-0.2, -0.15) is 0 Å². The molecule has 0 aliphatic carbocycles. The molecule has 0 spiro atoms. The van der Waals surface area contributed by atoms with Crippen molar-refractivity contribution in [2.45, 2.75) is 19.4 Å². The standard InChI is InChI=1S/C19H18Cl2N2O2/c1-12(13-5-3-2-4-6-13)23-11-14(9-18(23)24)19(25)22-17-8-7-15(20)10-16(17)21/h2-8,10,12,14H,9,11H2,1H3,(H,22,25)/t12-,14-/m1/s1. The van der Waals surface area contributed by atoms with Gasteiger partial charge < -0.3 is 10.2 Å². The largest absolute Gasteiger partial charge is 0.335 e. The van der Waals surface area contributed by atoms with Gasteiger partial charge in [0.1, 0.15) is 0 Å². The number of rotatable bonds is 4. The Balaban J connectivity index is 1.68. The van der Waals surface area contributed by atoms with Crippen LogP contribution in [0.4, 0.5) is 5.69 Å². The van der Waals surface area contributed by atoms with Gasteiger partial charge in [-0.3, -0.25) is 9.59 Å². The zero-order chi connectivity index (χ0) is 18.0. The second-order valence-electron chi connectivity index (χ2n) is 6.15. The van der Waals surface area contributed by atoms with Gasteiger partial charge in [-0.15, -0.1) is 0 Å². The molecule has 3 rings (SSSR count). The number of hydrogen-bond acceptors (Lipinski definition) is 2. The molecule has 1 N–H and O–H groups in total. The van der Waals surface area contributed by atoms with E-state index in [2.05, 4.69) is 5.32 Å². The minimum Gasteiger partial charge on any atom is -0.335 e. The molecular formula is C19H18Cl2N2O2. The van der Waals surface area contributed by atoms with Gasteiger partial charge in [-0.25, -0.2) is 0 Å². The lowest BCUT2D eigenvalue weighted by atomic mass is 10.1. The molecule has 2 aromatic carbocycles. The van der Waals surface area contributed by atoms with Crippen molar-refractivity contribution in [1.82, 2.24) is 4.90 Å². The van der Waals surface area contributed by atoms with E-state index in [-0.39, 0.29) is 24.3 Å². The van der Waals surface area contributed by atoms with E-state index in [0.29, 0.717) is 22.3 Å². The first-order chi connectivity index (χ1) is 12.0. The van der Waals surface area contributed by atoms with E-state index in [1.165, 1.54) is 0 Å². The lowest BCUT2D eigenvalue weighted by Crippen LogP contribution is -2.30. The third-order valence-electron chi connectivity index (χ3n) is 4.47. The number of hydrogen-bond donors (Lipinski definition) is 1. The summed E-state index contributed by atoms with van der Waals surface area (Å²) in [5.74, 6) is -0.621. The second kappa shape index (κ2) is 7.46. The number of likely N-dealkylation sites (tertiary alicyclic amines) is 1. The molecule has 1 heterocycles. The van der Waals surface area contributed by atoms with Crippen LogP contribution in [0.25, 0.3) is 0 Å².